The van der Waals surface area contributed by atoms with Crippen molar-refractivity contribution in [2.45, 2.75) is 24.0 Å². The summed E-state index contributed by atoms with van der Waals surface area (Å²) in [6.07, 6.45) is 0.173. The Bertz CT molecular complexity index is 359. The zero-order chi connectivity index (χ0) is 12.1. The lowest BCUT2D eigenvalue weighted by Gasteiger charge is -2.31. The van der Waals surface area contributed by atoms with Crippen LogP contribution in [0.4, 0.5) is 0 Å². The average Bonchev–Trinajstić information content (AvgIpc) is 2.39. The molecule has 2 atom stereocenters. The minimum atomic E-state index is 0.173. The molecule has 1 N–H and O–H groups in total. The third-order valence-corrected chi connectivity index (χ3v) is 4.00. The highest BCUT2D eigenvalue weighted by Crippen LogP contribution is 2.35. The van der Waals surface area contributed by atoms with Crippen molar-refractivity contribution in [2.24, 2.45) is 0 Å². The highest BCUT2D eigenvalue weighted by atomic mass is 32.2. The predicted octanol–water partition coefficient (Wildman–Crippen LogP) is 2.16. The Morgan fingerprint density at radius 2 is 2.35 bits per heavy atom. The summed E-state index contributed by atoms with van der Waals surface area (Å²) in [7, 11) is 1.96. The Kier molecular flexibility index (Phi) is 4.71. The SMILES string of the molecule is CCOCC(NC)C1CSc2ccccc2O1. The van der Waals surface area contributed by atoms with Crippen LogP contribution in [-0.4, -0.2) is 38.2 Å². The fourth-order valence-electron chi connectivity index (χ4n) is 1.86. The van der Waals surface area contributed by atoms with Crippen LogP contribution in [0.2, 0.25) is 0 Å². The van der Waals surface area contributed by atoms with Gasteiger partial charge >= 0.3 is 0 Å². The van der Waals surface area contributed by atoms with E-state index >= 15 is 0 Å². The zero-order valence-electron chi connectivity index (χ0n) is 10.3. The van der Waals surface area contributed by atoms with Crippen LogP contribution < -0.4 is 10.1 Å². The Morgan fingerprint density at radius 1 is 1.53 bits per heavy atom. The van der Waals surface area contributed by atoms with Crippen LogP contribution in [0.25, 0.3) is 0 Å². The van der Waals surface area contributed by atoms with E-state index in [0.717, 1.165) is 18.1 Å². The number of likely N-dealkylation sites (N-methyl/N-ethyl adjacent to an activating group) is 1. The van der Waals surface area contributed by atoms with E-state index in [9.17, 15) is 0 Å². The van der Waals surface area contributed by atoms with Gasteiger partial charge in [-0.3, -0.25) is 0 Å². The number of hydrogen-bond acceptors (Lipinski definition) is 4. The van der Waals surface area contributed by atoms with Gasteiger partial charge in [-0.2, -0.15) is 0 Å². The quantitative estimate of drug-likeness (QED) is 0.871. The molecule has 2 rings (SSSR count). The van der Waals surface area contributed by atoms with Crippen molar-refractivity contribution >= 4 is 11.8 Å². The Labute approximate surface area is 107 Å². The summed E-state index contributed by atoms with van der Waals surface area (Å²) in [4.78, 5) is 1.23. The van der Waals surface area contributed by atoms with Gasteiger partial charge in [0.05, 0.1) is 12.6 Å². The number of nitrogens with one attached hydrogen (secondary N) is 1. The standard InChI is InChI=1S/C13H19NO2S/c1-3-15-8-10(14-2)12-9-17-13-7-5-4-6-11(13)16-12/h4-7,10,12,14H,3,8-9H2,1-2H3. The molecule has 0 fully saturated rings. The summed E-state index contributed by atoms with van der Waals surface area (Å²) in [6.45, 7) is 3.45. The number of ether oxygens (including phenoxy) is 2. The summed E-state index contributed by atoms with van der Waals surface area (Å²) in [5.41, 5.74) is 0. The fraction of sp³-hybridized carbons (Fsp3) is 0.538. The van der Waals surface area contributed by atoms with Gasteiger partial charge in [0.1, 0.15) is 11.9 Å². The molecule has 0 saturated carbocycles. The largest absolute Gasteiger partial charge is 0.487 e. The van der Waals surface area contributed by atoms with Gasteiger partial charge in [-0.1, -0.05) is 12.1 Å². The third-order valence-electron chi connectivity index (χ3n) is 2.85. The molecule has 0 aromatic heterocycles. The molecule has 0 radical (unpaired) electrons. The monoisotopic (exact) mass is 253 g/mol. The smallest absolute Gasteiger partial charge is 0.133 e. The Hall–Kier alpha value is -0.710. The summed E-state index contributed by atoms with van der Waals surface area (Å²) >= 11 is 1.85. The number of rotatable bonds is 5. The first-order valence-corrected chi connectivity index (χ1v) is 6.97. The van der Waals surface area contributed by atoms with Gasteiger partial charge in [0, 0.05) is 17.3 Å². The maximum absolute atomic E-state index is 6.02. The van der Waals surface area contributed by atoms with Crippen molar-refractivity contribution in [1.82, 2.24) is 5.32 Å². The van der Waals surface area contributed by atoms with Gasteiger partial charge in [0.15, 0.2) is 0 Å². The maximum atomic E-state index is 6.02. The van der Waals surface area contributed by atoms with E-state index in [4.69, 9.17) is 9.47 Å². The lowest BCUT2D eigenvalue weighted by Crippen LogP contribution is -2.47. The molecule has 3 nitrogen and oxygen atoms in total. The maximum Gasteiger partial charge on any atom is 0.133 e. The zero-order valence-corrected chi connectivity index (χ0v) is 11.1. The molecular formula is C13H19NO2S. The van der Waals surface area contributed by atoms with E-state index in [-0.39, 0.29) is 12.1 Å². The molecule has 4 heteroatoms. The van der Waals surface area contributed by atoms with E-state index in [1.54, 1.807) is 0 Å². The molecule has 1 heterocycles. The number of hydrogen-bond donors (Lipinski definition) is 1. The molecule has 1 aliphatic heterocycles. The van der Waals surface area contributed by atoms with Crippen molar-refractivity contribution in [3.8, 4) is 5.75 Å². The molecule has 17 heavy (non-hydrogen) atoms. The van der Waals surface area contributed by atoms with Gasteiger partial charge in [-0.05, 0) is 26.1 Å². The minimum Gasteiger partial charge on any atom is -0.487 e. The fourth-order valence-corrected chi connectivity index (χ4v) is 2.93. The number of para-hydroxylation sites is 1. The molecule has 1 aromatic carbocycles. The third kappa shape index (κ3) is 3.15. The van der Waals surface area contributed by atoms with Crippen LogP contribution in [0.5, 0.6) is 5.75 Å². The molecule has 1 aromatic rings. The van der Waals surface area contributed by atoms with Gasteiger partial charge in [0.2, 0.25) is 0 Å². The van der Waals surface area contributed by atoms with Crippen LogP contribution in [0.1, 0.15) is 6.92 Å². The van der Waals surface area contributed by atoms with Gasteiger partial charge < -0.3 is 14.8 Å². The second-order valence-corrected chi connectivity index (χ2v) is 5.03. The summed E-state index contributed by atoms with van der Waals surface area (Å²) in [5.74, 6) is 1.96. The molecule has 94 valence electrons. The van der Waals surface area contributed by atoms with E-state index in [1.807, 2.05) is 43.9 Å². The average molecular weight is 253 g/mol. The number of fused-ring (bicyclic) bond motifs is 1. The molecular weight excluding hydrogens is 234 g/mol. The molecule has 0 amide bonds. The van der Waals surface area contributed by atoms with E-state index < -0.39 is 0 Å². The van der Waals surface area contributed by atoms with Crippen molar-refractivity contribution < 1.29 is 9.47 Å². The van der Waals surface area contributed by atoms with Crippen molar-refractivity contribution in [3.05, 3.63) is 24.3 Å². The molecule has 0 saturated heterocycles. The van der Waals surface area contributed by atoms with Crippen LogP contribution in [-0.2, 0) is 4.74 Å². The van der Waals surface area contributed by atoms with Crippen LogP contribution in [0, 0.1) is 0 Å². The molecule has 0 bridgehead atoms. The van der Waals surface area contributed by atoms with Crippen LogP contribution in [0.3, 0.4) is 0 Å². The molecule has 0 spiro atoms. The molecule has 0 aliphatic carbocycles. The topological polar surface area (TPSA) is 30.5 Å². The van der Waals surface area contributed by atoms with Crippen LogP contribution >= 0.6 is 11.8 Å². The van der Waals surface area contributed by atoms with Crippen molar-refractivity contribution in [1.29, 1.82) is 0 Å². The first kappa shape index (κ1) is 12.7. The van der Waals surface area contributed by atoms with Gasteiger partial charge in [-0.15, -0.1) is 11.8 Å². The normalized spacial score (nSPS) is 20.5. The minimum absolute atomic E-state index is 0.173. The first-order valence-electron chi connectivity index (χ1n) is 5.98. The lowest BCUT2D eigenvalue weighted by molar-refractivity contribution is 0.0746. The number of thioether (sulfide) groups is 1. The first-order chi connectivity index (χ1) is 8.35. The van der Waals surface area contributed by atoms with E-state index in [1.165, 1.54) is 4.90 Å². The highest BCUT2D eigenvalue weighted by Gasteiger charge is 2.27. The van der Waals surface area contributed by atoms with Gasteiger partial charge in [-0.25, -0.2) is 0 Å². The van der Waals surface area contributed by atoms with Crippen molar-refractivity contribution in [2.75, 3.05) is 26.0 Å². The summed E-state index contributed by atoms with van der Waals surface area (Å²) in [5, 5.41) is 3.27. The summed E-state index contributed by atoms with van der Waals surface area (Å²) < 4.78 is 11.5. The summed E-state index contributed by atoms with van der Waals surface area (Å²) in [6, 6.07) is 8.44. The lowest BCUT2D eigenvalue weighted by atomic mass is 10.2. The predicted molar refractivity (Wildman–Crippen MR) is 70.9 cm³/mol. The Morgan fingerprint density at radius 3 is 3.12 bits per heavy atom. The van der Waals surface area contributed by atoms with E-state index in [2.05, 4.69) is 11.4 Å². The van der Waals surface area contributed by atoms with Crippen LogP contribution in [0.15, 0.2) is 29.2 Å². The second kappa shape index (κ2) is 6.28. The molecule has 1 aliphatic rings. The Balaban J connectivity index is 2.00. The van der Waals surface area contributed by atoms with Gasteiger partial charge in [0.25, 0.3) is 0 Å². The van der Waals surface area contributed by atoms with E-state index in [0.29, 0.717) is 6.61 Å². The highest BCUT2D eigenvalue weighted by molar-refractivity contribution is 7.99. The molecule has 2 unspecified atom stereocenters. The second-order valence-electron chi connectivity index (χ2n) is 3.97. The number of benzene rings is 1. The van der Waals surface area contributed by atoms with Crippen molar-refractivity contribution in [3.63, 3.8) is 0 Å².